The maximum Gasteiger partial charge on any atom is 0.251 e. The summed E-state index contributed by atoms with van der Waals surface area (Å²) in [5, 5.41) is 4.97. The van der Waals surface area contributed by atoms with E-state index >= 15 is 0 Å². The second kappa shape index (κ2) is 4.14. The van der Waals surface area contributed by atoms with Gasteiger partial charge in [0.1, 0.15) is 5.82 Å². The van der Waals surface area contributed by atoms with Gasteiger partial charge in [0.15, 0.2) is 0 Å². The van der Waals surface area contributed by atoms with E-state index in [1.807, 2.05) is 0 Å². The van der Waals surface area contributed by atoms with Crippen LogP contribution in [0, 0.1) is 0 Å². The zero-order valence-electron chi connectivity index (χ0n) is 9.61. The lowest BCUT2D eigenvalue weighted by Crippen LogP contribution is -2.25. The first-order valence-electron chi connectivity index (χ1n) is 5.80. The van der Waals surface area contributed by atoms with Gasteiger partial charge in [-0.1, -0.05) is 11.6 Å². The SMILES string of the molecule is Nc1ncc(Cl)c2cc(C(=O)NC3CC3)ccc12. The molecule has 1 aromatic carbocycles. The lowest BCUT2D eigenvalue weighted by molar-refractivity contribution is 0.0951. The van der Waals surface area contributed by atoms with E-state index in [1.54, 1.807) is 18.2 Å². The molecule has 4 nitrogen and oxygen atoms in total. The first-order chi connectivity index (χ1) is 8.65. The molecular formula is C13H12ClN3O. The Bertz CT molecular complexity index is 637. The van der Waals surface area contributed by atoms with Crippen LogP contribution in [-0.4, -0.2) is 16.9 Å². The molecular weight excluding hydrogens is 250 g/mol. The van der Waals surface area contributed by atoms with Crippen molar-refractivity contribution in [3.8, 4) is 0 Å². The maximum atomic E-state index is 11.9. The van der Waals surface area contributed by atoms with Crippen LogP contribution in [0.25, 0.3) is 10.8 Å². The molecule has 1 aliphatic carbocycles. The van der Waals surface area contributed by atoms with Crippen molar-refractivity contribution in [1.29, 1.82) is 0 Å². The number of aromatic nitrogens is 1. The van der Waals surface area contributed by atoms with Crippen LogP contribution in [0.15, 0.2) is 24.4 Å². The van der Waals surface area contributed by atoms with Crippen molar-refractivity contribution in [1.82, 2.24) is 10.3 Å². The van der Waals surface area contributed by atoms with Gasteiger partial charge in [-0.25, -0.2) is 4.98 Å². The fourth-order valence-corrected chi connectivity index (χ4v) is 2.07. The second-order valence-corrected chi connectivity index (χ2v) is 4.91. The summed E-state index contributed by atoms with van der Waals surface area (Å²) in [4.78, 5) is 15.9. The standard InChI is InChI=1S/C13H12ClN3O/c14-11-6-16-12(15)9-4-1-7(5-10(9)11)13(18)17-8-2-3-8/h1,4-6,8H,2-3H2,(H2,15,16)(H,17,18). The molecule has 3 N–H and O–H groups in total. The Morgan fingerprint density at radius 3 is 2.89 bits per heavy atom. The molecule has 5 heteroatoms. The Morgan fingerprint density at radius 2 is 2.17 bits per heavy atom. The Kier molecular flexibility index (Phi) is 2.59. The summed E-state index contributed by atoms with van der Waals surface area (Å²) in [7, 11) is 0. The van der Waals surface area contributed by atoms with Gasteiger partial charge in [0.25, 0.3) is 5.91 Å². The van der Waals surface area contributed by atoms with Gasteiger partial charge in [-0.3, -0.25) is 4.79 Å². The molecule has 18 heavy (non-hydrogen) atoms. The summed E-state index contributed by atoms with van der Waals surface area (Å²) in [5.41, 5.74) is 6.37. The lowest BCUT2D eigenvalue weighted by atomic mass is 10.1. The molecule has 0 radical (unpaired) electrons. The molecule has 0 bridgehead atoms. The zero-order chi connectivity index (χ0) is 12.7. The molecule has 1 aliphatic rings. The quantitative estimate of drug-likeness (QED) is 0.872. The van der Waals surface area contributed by atoms with Gasteiger partial charge in [0.05, 0.1) is 5.02 Å². The van der Waals surface area contributed by atoms with Crippen LogP contribution in [0.1, 0.15) is 23.2 Å². The van der Waals surface area contributed by atoms with Crippen LogP contribution in [0.4, 0.5) is 5.82 Å². The average Bonchev–Trinajstić information content (AvgIpc) is 3.17. The summed E-state index contributed by atoms with van der Waals surface area (Å²) in [6, 6.07) is 5.62. The minimum absolute atomic E-state index is 0.0640. The number of amides is 1. The molecule has 1 amide bonds. The van der Waals surface area contributed by atoms with Crippen molar-refractivity contribution < 1.29 is 4.79 Å². The molecule has 1 fully saturated rings. The number of anilines is 1. The molecule has 0 aliphatic heterocycles. The maximum absolute atomic E-state index is 11.9. The van der Waals surface area contributed by atoms with E-state index in [2.05, 4.69) is 10.3 Å². The number of nitrogens with zero attached hydrogens (tertiary/aromatic N) is 1. The van der Waals surface area contributed by atoms with E-state index in [1.165, 1.54) is 6.20 Å². The number of hydrogen-bond acceptors (Lipinski definition) is 3. The molecule has 0 saturated heterocycles. The normalized spacial score (nSPS) is 14.7. The average molecular weight is 262 g/mol. The fraction of sp³-hybridized carbons (Fsp3) is 0.231. The highest BCUT2D eigenvalue weighted by molar-refractivity contribution is 6.35. The van der Waals surface area contributed by atoms with E-state index in [4.69, 9.17) is 17.3 Å². The number of carbonyl (C=O) groups excluding carboxylic acids is 1. The largest absolute Gasteiger partial charge is 0.383 e. The first kappa shape index (κ1) is 11.3. The van der Waals surface area contributed by atoms with Crippen molar-refractivity contribution in [3.63, 3.8) is 0 Å². The predicted octanol–water partition coefficient (Wildman–Crippen LogP) is 2.36. The lowest BCUT2D eigenvalue weighted by Gasteiger charge is -2.07. The topological polar surface area (TPSA) is 68.0 Å². The molecule has 3 rings (SSSR count). The van der Waals surface area contributed by atoms with Gasteiger partial charge in [0, 0.05) is 28.6 Å². The summed E-state index contributed by atoms with van der Waals surface area (Å²) >= 11 is 6.07. The minimum Gasteiger partial charge on any atom is -0.383 e. The number of carbonyl (C=O) groups is 1. The highest BCUT2D eigenvalue weighted by Crippen LogP contribution is 2.27. The van der Waals surface area contributed by atoms with Crippen LogP contribution in [0.3, 0.4) is 0 Å². The number of nitrogens with one attached hydrogen (secondary N) is 1. The van der Waals surface area contributed by atoms with Gasteiger partial charge in [-0.15, -0.1) is 0 Å². The number of pyridine rings is 1. The molecule has 0 atom stereocenters. The van der Waals surface area contributed by atoms with Crippen molar-refractivity contribution in [2.75, 3.05) is 5.73 Å². The fourth-order valence-electron chi connectivity index (χ4n) is 1.87. The molecule has 1 aromatic heterocycles. The van der Waals surface area contributed by atoms with Gasteiger partial charge in [0.2, 0.25) is 0 Å². The van der Waals surface area contributed by atoms with Gasteiger partial charge in [-0.05, 0) is 31.0 Å². The molecule has 0 unspecified atom stereocenters. The third-order valence-electron chi connectivity index (χ3n) is 3.04. The number of rotatable bonds is 2. The third kappa shape index (κ3) is 1.99. The van der Waals surface area contributed by atoms with Crippen molar-refractivity contribution in [2.45, 2.75) is 18.9 Å². The molecule has 92 valence electrons. The van der Waals surface area contributed by atoms with E-state index in [9.17, 15) is 4.79 Å². The van der Waals surface area contributed by atoms with Gasteiger partial charge in [-0.2, -0.15) is 0 Å². The van der Waals surface area contributed by atoms with Crippen LogP contribution >= 0.6 is 11.6 Å². The number of halogens is 1. The Labute approximate surface area is 109 Å². The van der Waals surface area contributed by atoms with Crippen molar-refractivity contribution in [3.05, 3.63) is 35.0 Å². The van der Waals surface area contributed by atoms with Gasteiger partial charge < -0.3 is 11.1 Å². The van der Waals surface area contributed by atoms with E-state index in [0.717, 1.165) is 23.6 Å². The first-order valence-corrected chi connectivity index (χ1v) is 6.17. The predicted molar refractivity (Wildman–Crippen MR) is 71.7 cm³/mol. The number of hydrogen-bond donors (Lipinski definition) is 2. The molecule has 1 heterocycles. The third-order valence-corrected chi connectivity index (χ3v) is 3.35. The molecule has 2 aromatic rings. The summed E-state index contributed by atoms with van der Waals surface area (Å²) in [5.74, 6) is 0.356. The van der Waals surface area contributed by atoms with Crippen LogP contribution in [-0.2, 0) is 0 Å². The second-order valence-electron chi connectivity index (χ2n) is 4.50. The molecule has 1 saturated carbocycles. The minimum atomic E-state index is -0.0640. The van der Waals surface area contributed by atoms with E-state index < -0.39 is 0 Å². The van der Waals surface area contributed by atoms with Crippen LogP contribution in [0.2, 0.25) is 5.02 Å². The van der Waals surface area contributed by atoms with Gasteiger partial charge >= 0.3 is 0 Å². The summed E-state index contributed by atoms with van der Waals surface area (Å²) < 4.78 is 0. The monoisotopic (exact) mass is 261 g/mol. The summed E-state index contributed by atoms with van der Waals surface area (Å²) in [6.45, 7) is 0. The Hall–Kier alpha value is -1.81. The summed E-state index contributed by atoms with van der Waals surface area (Å²) in [6.07, 6.45) is 3.63. The Morgan fingerprint density at radius 1 is 1.39 bits per heavy atom. The van der Waals surface area contributed by atoms with Crippen molar-refractivity contribution >= 4 is 34.1 Å². The smallest absolute Gasteiger partial charge is 0.251 e. The zero-order valence-corrected chi connectivity index (χ0v) is 10.4. The highest BCUT2D eigenvalue weighted by atomic mass is 35.5. The molecule has 0 spiro atoms. The highest BCUT2D eigenvalue weighted by Gasteiger charge is 2.23. The number of fused-ring (bicyclic) bond motifs is 1. The van der Waals surface area contributed by atoms with Crippen LogP contribution < -0.4 is 11.1 Å². The van der Waals surface area contributed by atoms with Crippen molar-refractivity contribution in [2.24, 2.45) is 0 Å². The van der Waals surface area contributed by atoms with E-state index in [0.29, 0.717) is 22.4 Å². The number of nitrogen functional groups attached to an aromatic ring is 1. The van der Waals surface area contributed by atoms with E-state index in [-0.39, 0.29) is 5.91 Å². The Balaban J connectivity index is 2.04. The number of benzene rings is 1. The number of nitrogens with two attached hydrogens (primary N) is 1. The van der Waals surface area contributed by atoms with Crippen LogP contribution in [0.5, 0.6) is 0 Å².